The van der Waals surface area contributed by atoms with Crippen molar-refractivity contribution in [1.29, 1.82) is 0 Å². The van der Waals surface area contributed by atoms with Crippen molar-refractivity contribution in [3.63, 3.8) is 0 Å². The Morgan fingerprint density at radius 1 is 1.38 bits per heavy atom. The Hall–Kier alpha value is -1.18. The fraction of sp³-hybridized carbons (Fsp3) is 0.643. The summed E-state index contributed by atoms with van der Waals surface area (Å²) in [7, 11) is -3.51. The Bertz CT molecular complexity index is 545. The van der Waals surface area contributed by atoms with E-state index in [1.165, 1.54) is 6.20 Å². The van der Waals surface area contributed by atoms with Gasteiger partial charge in [-0.25, -0.2) is 18.1 Å². The molecule has 2 heterocycles. The molecule has 1 saturated heterocycles. The molecule has 118 valence electrons. The number of rotatable bonds is 7. The van der Waals surface area contributed by atoms with Crippen LogP contribution in [-0.4, -0.2) is 39.2 Å². The van der Waals surface area contributed by atoms with Crippen LogP contribution in [0.25, 0.3) is 0 Å². The Morgan fingerprint density at radius 2 is 2.19 bits per heavy atom. The lowest BCUT2D eigenvalue weighted by Crippen LogP contribution is -2.32. The Kier molecular flexibility index (Phi) is 5.55. The zero-order chi connectivity index (χ0) is 15.3. The average molecular weight is 313 g/mol. The van der Waals surface area contributed by atoms with Gasteiger partial charge in [-0.1, -0.05) is 6.92 Å². The van der Waals surface area contributed by atoms with E-state index in [-0.39, 0.29) is 16.9 Å². The van der Waals surface area contributed by atoms with Crippen LogP contribution in [0.4, 0.5) is 5.82 Å². The molecule has 0 amide bonds. The normalized spacial score (nSPS) is 22.4. The van der Waals surface area contributed by atoms with Crippen LogP contribution in [0.2, 0.25) is 0 Å². The van der Waals surface area contributed by atoms with Crippen molar-refractivity contribution >= 4 is 15.8 Å². The molecule has 6 nitrogen and oxygen atoms in total. The highest BCUT2D eigenvalue weighted by Gasteiger charge is 2.28. The lowest BCUT2D eigenvalue weighted by molar-refractivity contribution is 0.0884. The summed E-state index contributed by atoms with van der Waals surface area (Å²) < 4.78 is 32.7. The molecule has 1 aromatic heterocycles. The fourth-order valence-electron chi connectivity index (χ4n) is 2.50. The molecule has 0 radical (unpaired) electrons. The molecule has 7 heteroatoms. The number of aromatic nitrogens is 1. The third-order valence-electron chi connectivity index (χ3n) is 3.69. The highest BCUT2D eigenvalue weighted by molar-refractivity contribution is 7.89. The first-order chi connectivity index (χ1) is 10.1. The number of ether oxygens (including phenoxy) is 1. The number of sulfonamides is 1. The van der Waals surface area contributed by atoms with Gasteiger partial charge >= 0.3 is 0 Å². The van der Waals surface area contributed by atoms with Crippen molar-refractivity contribution in [2.24, 2.45) is 5.92 Å². The second-order valence-corrected chi connectivity index (χ2v) is 6.89. The van der Waals surface area contributed by atoms with E-state index in [0.717, 1.165) is 19.4 Å². The van der Waals surface area contributed by atoms with Gasteiger partial charge in [0.15, 0.2) is 0 Å². The zero-order valence-electron chi connectivity index (χ0n) is 12.5. The van der Waals surface area contributed by atoms with Gasteiger partial charge in [-0.05, 0) is 31.9 Å². The molecule has 2 rings (SSSR count). The van der Waals surface area contributed by atoms with Crippen LogP contribution in [0.5, 0.6) is 0 Å². The molecule has 2 atom stereocenters. The maximum atomic E-state index is 12.2. The average Bonchev–Trinajstić information content (AvgIpc) is 2.94. The van der Waals surface area contributed by atoms with E-state index in [0.29, 0.717) is 19.0 Å². The SMILES string of the molecule is CCNc1ccc(S(=O)(=O)NCC2CCOC2CC)cn1. The van der Waals surface area contributed by atoms with Crippen molar-refractivity contribution in [3.05, 3.63) is 18.3 Å². The summed E-state index contributed by atoms with van der Waals surface area (Å²) in [6, 6.07) is 3.24. The van der Waals surface area contributed by atoms with E-state index in [1.54, 1.807) is 12.1 Å². The number of pyridine rings is 1. The van der Waals surface area contributed by atoms with E-state index >= 15 is 0 Å². The quantitative estimate of drug-likeness (QED) is 0.799. The Balaban J connectivity index is 1.97. The molecule has 2 N–H and O–H groups in total. The van der Waals surface area contributed by atoms with E-state index in [2.05, 4.69) is 21.9 Å². The molecule has 1 aliphatic rings. The van der Waals surface area contributed by atoms with Crippen molar-refractivity contribution in [2.45, 2.75) is 37.7 Å². The molecular weight excluding hydrogens is 290 g/mol. The van der Waals surface area contributed by atoms with Gasteiger partial charge < -0.3 is 10.1 Å². The number of hydrogen-bond acceptors (Lipinski definition) is 5. The van der Waals surface area contributed by atoms with Gasteiger partial charge in [0.05, 0.1) is 6.10 Å². The molecule has 0 aliphatic carbocycles. The van der Waals surface area contributed by atoms with Crippen LogP contribution in [0.3, 0.4) is 0 Å². The molecule has 1 fully saturated rings. The standard InChI is InChI=1S/C14H23N3O3S/c1-3-13-11(7-8-20-13)9-17-21(18,19)12-5-6-14(15-4-2)16-10-12/h5-6,10-11,13,17H,3-4,7-9H2,1-2H3,(H,15,16). The van der Waals surface area contributed by atoms with Gasteiger partial charge in [0.2, 0.25) is 10.0 Å². The van der Waals surface area contributed by atoms with E-state index in [4.69, 9.17) is 4.74 Å². The van der Waals surface area contributed by atoms with Gasteiger partial charge in [-0.15, -0.1) is 0 Å². The summed E-state index contributed by atoms with van der Waals surface area (Å²) in [6.07, 6.45) is 3.34. The third-order valence-corrected chi connectivity index (χ3v) is 5.10. The van der Waals surface area contributed by atoms with Gasteiger partial charge in [-0.3, -0.25) is 0 Å². The second-order valence-electron chi connectivity index (χ2n) is 5.13. The lowest BCUT2D eigenvalue weighted by Gasteiger charge is -2.17. The predicted molar refractivity (Wildman–Crippen MR) is 81.7 cm³/mol. The summed E-state index contributed by atoms with van der Waals surface area (Å²) in [5, 5.41) is 3.03. The van der Waals surface area contributed by atoms with Crippen LogP contribution in [0.1, 0.15) is 26.7 Å². The largest absolute Gasteiger partial charge is 0.378 e. The molecule has 0 bridgehead atoms. The van der Waals surface area contributed by atoms with Crippen LogP contribution >= 0.6 is 0 Å². The monoisotopic (exact) mass is 313 g/mol. The van der Waals surface area contributed by atoms with E-state index in [1.807, 2.05) is 6.92 Å². The molecule has 0 spiro atoms. The van der Waals surface area contributed by atoms with Gasteiger partial charge in [0, 0.05) is 31.8 Å². The summed E-state index contributed by atoms with van der Waals surface area (Å²) in [5.41, 5.74) is 0. The van der Waals surface area contributed by atoms with E-state index in [9.17, 15) is 8.42 Å². The van der Waals surface area contributed by atoms with Crippen molar-refractivity contribution < 1.29 is 13.2 Å². The maximum Gasteiger partial charge on any atom is 0.242 e. The second kappa shape index (κ2) is 7.20. The molecule has 2 unspecified atom stereocenters. The topological polar surface area (TPSA) is 80.3 Å². The minimum atomic E-state index is -3.51. The van der Waals surface area contributed by atoms with Crippen molar-refractivity contribution in [1.82, 2.24) is 9.71 Å². The smallest absolute Gasteiger partial charge is 0.242 e. The highest BCUT2D eigenvalue weighted by Crippen LogP contribution is 2.23. The minimum Gasteiger partial charge on any atom is -0.378 e. The summed E-state index contributed by atoms with van der Waals surface area (Å²) in [4.78, 5) is 4.28. The maximum absolute atomic E-state index is 12.2. The molecule has 1 aliphatic heterocycles. The first kappa shape index (κ1) is 16.2. The zero-order valence-corrected chi connectivity index (χ0v) is 13.3. The van der Waals surface area contributed by atoms with Crippen molar-refractivity contribution in [3.8, 4) is 0 Å². The van der Waals surface area contributed by atoms with Crippen LogP contribution in [0, 0.1) is 5.92 Å². The first-order valence-corrected chi connectivity index (χ1v) is 8.86. The molecule has 21 heavy (non-hydrogen) atoms. The summed E-state index contributed by atoms with van der Waals surface area (Å²) >= 11 is 0. The molecule has 0 aromatic carbocycles. The molecule has 0 saturated carbocycles. The number of hydrogen-bond donors (Lipinski definition) is 2. The van der Waals surface area contributed by atoms with Crippen LogP contribution < -0.4 is 10.0 Å². The molecular formula is C14H23N3O3S. The third kappa shape index (κ3) is 4.15. The summed E-state index contributed by atoms with van der Waals surface area (Å²) in [6.45, 7) is 5.89. The van der Waals surface area contributed by atoms with Crippen LogP contribution in [0.15, 0.2) is 23.2 Å². The molecule has 1 aromatic rings. The highest BCUT2D eigenvalue weighted by atomic mass is 32.2. The predicted octanol–water partition coefficient (Wildman–Crippen LogP) is 1.61. The fourth-order valence-corrected chi connectivity index (χ4v) is 3.54. The number of nitrogens with one attached hydrogen (secondary N) is 2. The Morgan fingerprint density at radius 3 is 2.81 bits per heavy atom. The minimum absolute atomic E-state index is 0.155. The first-order valence-electron chi connectivity index (χ1n) is 7.38. The lowest BCUT2D eigenvalue weighted by atomic mass is 10.0. The summed E-state index contributed by atoms with van der Waals surface area (Å²) in [5.74, 6) is 0.922. The van der Waals surface area contributed by atoms with Crippen molar-refractivity contribution in [2.75, 3.05) is 25.0 Å². The van der Waals surface area contributed by atoms with Crippen LogP contribution in [-0.2, 0) is 14.8 Å². The Labute approximate surface area is 126 Å². The van der Waals surface area contributed by atoms with Gasteiger partial charge in [0.1, 0.15) is 10.7 Å². The number of nitrogens with zero attached hydrogens (tertiary/aromatic N) is 1. The van der Waals surface area contributed by atoms with Gasteiger partial charge in [-0.2, -0.15) is 0 Å². The number of anilines is 1. The van der Waals surface area contributed by atoms with Gasteiger partial charge in [0.25, 0.3) is 0 Å². The van der Waals surface area contributed by atoms with E-state index < -0.39 is 10.0 Å².